The highest BCUT2D eigenvalue weighted by Crippen LogP contribution is 1.98. The Morgan fingerprint density at radius 2 is 2.50 bits per heavy atom. The van der Waals surface area contributed by atoms with E-state index in [1.54, 1.807) is 6.20 Å². The van der Waals surface area contributed by atoms with Crippen LogP contribution in [0.2, 0.25) is 0 Å². The lowest BCUT2D eigenvalue weighted by molar-refractivity contribution is 0.663. The maximum absolute atomic E-state index is 11.4. The summed E-state index contributed by atoms with van der Waals surface area (Å²) in [4.78, 5) is 11.4. The minimum Gasteiger partial charge on any atom is -0.384 e. The molecule has 0 bridgehead atoms. The molecule has 0 unspecified atom stereocenters. The molecule has 1 aromatic rings. The normalized spacial score (nSPS) is 9.43. The molecular weight excluding hydrogens is 178 g/mol. The smallest absolute Gasteiger partial charge is 0.269 e. The van der Waals surface area contributed by atoms with Crippen molar-refractivity contribution in [1.29, 1.82) is 0 Å². The summed E-state index contributed by atoms with van der Waals surface area (Å²) in [6, 6.07) is 1.50. The molecule has 1 heterocycles. The largest absolute Gasteiger partial charge is 0.384 e. The Bertz CT molecular complexity index is 389. The number of terminal acetylenes is 1. The van der Waals surface area contributed by atoms with Gasteiger partial charge in [-0.15, -0.1) is 6.42 Å². The summed E-state index contributed by atoms with van der Waals surface area (Å²) in [7, 11) is 0. The van der Waals surface area contributed by atoms with Crippen LogP contribution in [0.3, 0.4) is 0 Å². The third kappa shape index (κ3) is 2.63. The molecular formula is C10H13N3O. The molecule has 74 valence electrons. The first-order valence-corrected chi connectivity index (χ1v) is 4.52. The molecule has 0 aromatic carbocycles. The van der Waals surface area contributed by atoms with Crippen LogP contribution in [-0.2, 0) is 6.54 Å². The number of anilines is 1. The first kappa shape index (κ1) is 10.3. The minimum atomic E-state index is -0.177. The van der Waals surface area contributed by atoms with Crippen molar-refractivity contribution < 1.29 is 0 Å². The average Bonchev–Trinajstić information content (AvgIpc) is 2.19. The number of hydrogen-bond donors (Lipinski definition) is 1. The Kier molecular flexibility index (Phi) is 3.74. The molecule has 0 aliphatic carbocycles. The average molecular weight is 191 g/mol. The van der Waals surface area contributed by atoms with Crippen molar-refractivity contribution in [2.75, 3.05) is 11.9 Å². The second-order valence-corrected chi connectivity index (χ2v) is 2.87. The molecule has 0 aliphatic heterocycles. The molecule has 0 saturated carbocycles. The lowest BCUT2D eigenvalue weighted by atomic mass is 10.4. The van der Waals surface area contributed by atoms with Crippen LogP contribution in [0, 0.1) is 12.3 Å². The molecule has 0 saturated heterocycles. The van der Waals surface area contributed by atoms with E-state index < -0.39 is 0 Å². The van der Waals surface area contributed by atoms with Gasteiger partial charge < -0.3 is 5.32 Å². The van der Waals surface area contributed by atoms with Crippen molar-refractivity contribution in [3.8, 4) is 12.3 Å². The molecule has 0 radical (unpaired) electrons. The zero-order valence-electron chi connectivity index (χ0n) is 8.16. The van der Waals surface area contributed by atoms with Gasteiger partial charge in [0.25, 0.3) is 5.56 Å². The first-order chi connectivity index (χ1) is 6.77. The predicted octanol–water partition coefficient (Wildman–Crippen LogP) is 0.698. The Hall–Kier alpha value is -1.76. The molecule has 0 amide bonds. The number of rotatable bonds is 4. The monoisotopic (exact) mass is 191 g/mol. The molecule has 4 nitrogen and oxygen atoms in total. The van der Waals surface area contributed by atoms with Gasteiger partial charge in [0.15, 0.2) is 0 Å². The van der Waals surface area contributed by atoms with E-state index in [1.807, 2.05) is 0 Å². The van der Waals surface area contributed by atoms with Crippen molar-refractivity contribution in [2.24, 2.45) is 0 Å². The maximum Gasteiger partial charge on any atom is 0.269 e. The predicted molar refractivity (Wildman–Crippen MR) is 56.1 cm³/mol. The van der Waals surface area contributed by atoms with E-state index in [2.05, 4.69) is 23.3 Å². The highest BCUT2D eigenvalue weighted by atomic mass is 16.1. The van der Waals surface area contributed by atoms with Crippen LogP contribution in [0.5, 0.6) is 0 Å². The van der Waals surface area contributed by atoms with E-state index in [9.17, 15) is 4.79 Å². The summed E-state index contributed by atoms with van der Waals surface area (Å²) in [5, 5.41) is 7.00. The third-order valence-corrected chi connectivity index (χ3v) is 1.69. The van der Waals surface area contributed by atoms with Crippen molar-refractivity contribution in [1.82, 2.24) is 9.78 Å². The number of nitrogens with one attached hydrogen (secondary N) is 1. The van der Waals surface area contributed by atoms with Gasteiger partial charge in [-0.1, -0.05) is 12.8 Å². The lowest BCUT2D eigenvalue weighted by Gasteiger charge is -2.04. The van der Waals surface area contributed by atoms with E-state index in [4.69, 9.17) is 6.42 Å². The van der Waals surface area contributed by atoms with Gasteiger partial charge in [-0.3, -0.25) is 4.79 Å². The van der Waals surface area contributed by atoms with Gasteiger partial charge in [0, 0.05) is 12.6 Å². The topological polar surface area (TPSA) is 46.9 Å². The number of hydrogen-bond acceptors (Lipinski definition) is 3. The van der Waals surface area contributed by atoms with Gasteiger partial charge in [-0.25, -0.2) is 4.68 Å². The van der Waals surface area contributed by atoms with E-state index >= 15 is 0 Å². The molecule has 1 rings (SSSR count). The third-order valence-electron chi connectivity index (χ3n) is 1.69. The molecule has 1 N–H and O–H groups in total. The van der Waals surface area contributed by atoms with Crippen LogP contribution in [0.4, 0.5) is 5.69 Å². The Balaban J connectivity index is 2.80. The summed E-state index contributed by atoms with van der Waals surface area (Å²) in [5.41, 5.74) is 0.564. The standard InChI is InChI=1S/C10H13N3O/c1-3-5-11-9-7-10(14)13(6-4-2)12-8-9/h2,7-8,11H,3,5-6H2,1H3. The van der Waals surface area contributed by atoms with E-state index in [1.165, 1.54) is 10.7 Å². The minimum absolute atomic E-state index is 0.177. The van der Waals surface area contributed by atoms with E-state index in [-0.39, 0.29) is 12.1 Å². The SMILES string of the molecule is C#CCn1ncc(NCCC)cc1=O. The van der Waals surface area contributed by atoms with E-state index in [0.717, 1.165) is 18.7 Å². The summed E-state index contributed by atoms with van der Waals surface area (Å²) in [6.07, 6.45) is 7.70. The molecule has 4 heteroatoms. The van der Waals surface area contributed by atoms with Gasteiger partial charge in [0.05, 0.1) is 11.9 Å². The van der Waals surface area contributed by atoms with Gasteiger partial charge in [-0.2, -0.15) is 5.10 Å². The fraction of sp³-hybridized carbons (Fsp3) is 0.400. The molecule has 0 atom stereocenters. The van der Waals surface area contributed by atoms with Crippen molar-refractivity contribution in [2.45, 2.75) is 19.9 Å². The second-order valence-electron chi connectivity index (χ2n) is 2.87. The highest BCUT2D eigenvalue weighted by molar-refractivity contribution is 5.38. The summed E-state index contributed by atoms with van der Waals surface area (Å²) in [6.45, 7) is 3.10. The zero-order chi connectivity index (χ0) is 10.4. The molecule has 1 aromatic heterocycles. The number of aromatic nitrogens is 2. The van der Waals surface area contributed by atoms with Gasteiger partial charge >= 0.3 is 0 Å². The highest BCUT2D eigenvalue weighted by Gasteiger charge is 1.97. The van der Waals surface area contributed by atoms with Crippen LogP contribution in [0.15, 0.2) is 17.1 Å². The molecule has 14 heavy (non-hydrogen) atoms. The fourth-order valence-corrected chi connectivity index (χ4v) is 1.00. The summed E-state index contributed by atoms with van der Waals surface area (Å²) < 4.78 is 1.25. The van der Waals surface area contributed by atoms with Gasteiger partial charge in [-0.05, 0) is 6.42 Å². The molecule has 0 fully saturated rings. The van der Waals surface area contributed by atoms with Gasteiger partial charge in [0.2, 0.25) is 0 Å². The Morgan fingerprint density at radius 3 is 3.07 bits per heavy atom. The van der Waals surface area contributed by atoms with Crippen molar-refractivity contribution >= 4 is 5.69 Å². The van der Waals surface area contributed by atoms with E-state index in [0.29, 0.717) is 0 Å². The quantitative estimate of drug-likeness (QED) is 0.712. The van der Waals surface area contributed by atoms with Crippen LogP contribution in [0.25, 0.3) is 0 Å². The lowest BCUT2D eigenvalue weighted by Crippen LogP contribution is -2.22. The first-order valence-electron chi connectivity index (χ1n) is 4.52. The number of nitrogens with zero attached hydrogens (tertiary/aromatic N) is 2. The van der Waals surface area contributed by atoms with Crippen molar-refractivity contribution in [3.05, 3.63) is 22.6 Å². The molecule has 0 spiro atoms. The van der Waals surface area contributed by atoms with Crippen LogP contribution in [-0.4, -0.2) is 16.3 Å². The Morgan fingerprint density at radius 1 is 1.71 bits per heavy atom. The summed E-state index contributed by atoms with van der Waals surface area (Å²) in [5.74, 6) is 2.37. The van der Waals surface area contributed by atoms with Crippen LogP contribution in [0.1, 0.15) is 13.3 Å². The summed E-state index contributed by atoms with van der Waals surface area (Å²) >= 11 is 0. The fourth-order valence-electron chi connectivity index (χ4n) is 1.00. The van der Waals surface area contributed by atoms with Crippen LogP contribution < -0.4 is 10.9 Å². The van der Waals surface area contributed by atoms with Gasteiger partial charge in [0.1, 0.15) is 6.54 Å². The second kappa shape index (κ2) is 5.07. The molecule has 0 aliphatic rings. The maximum atomic E-state index is 11.4. The Labute approximate surface area is 82.9 Å². The van der Waals surface area contributed by atoms with Crippen LogP contribution >= 0.6 is 0 Å². The van der Waals surface area contributed by atoms with Crippen molar-refractivity contribution in [3.63, 3.8) is 0 Å². The zero-order valence-corrected chi connectivity index (χ0v) is 8.16.